The molecule has 148 valence electrons. The van der Waals surface area contributed by atoms with Crippen molar-refractivity contribution in [2.75, 3.05) is 25.1 Å². The number of nitrogens with one attached hydrogen (secondary N) is 1. The van der Waals surface area contributed by atoms with Crippen LogP contribution in [-0.4, -0.2) is 64.2 Å². The Morgan fingerprint density at radius 1 is 1.15 bits per heavy atom. The molecule has 2 saturated heterocycles. The Labute approximate surface area is 171 Å². The van der Waals surface area contributed by atoms with Crippen molar-refractivity contribution in [1.82, 2.24) is 15.1 Å². The van der Waals surface area contributed by atoms with Gasteiger partial charge in [-0.2, -0.15) is 11.8 Å². The summed E-state index contributed by atoms with van der Waals surface area (Å²) in [4.78, 5) is 16.7. The smallest absolute Gasteiger partial charge is 0.251 e. The molecule has 0 spiro atoms. The number of morpholine rings is 1. The molecule has 5 nitrogen and oxygen atoms in total. The van der Waals surface area contributed by atoms with Crippen LogP contribution in [-0.2, 0) is 22.6 Å². The highest BCUT2D eigenvalue weighted by molar-refractivity contribution is 7.98. The Balaban J connectivity index is 1.56. The summed E-state index contributed by atoms with van der Waals surface area (Å²) in [6.07, 6.45) is 3.42. The molecular formula is C20H29N3O2S2. The van der Waals surface area contributed by atoms with Crippen molar-refractivity contribution in [2.24, 2.45) is 0 Å². The lowest BCUT2D eigenvalue weighted by Gasteiger charge is -2.35. The minimum atomic E-state index is -0.172. The van der Waals surface area contributed by atoms with Gasteiger partial charge in [-0.1, -0.05) is 24.3 Å². The fraction of sp³-hybridized carbons (Fsp3) is 0.600. The van der Waals surface area contributed by atoms with Crippen LogP contribution < -0.4 is 5.32 Å². The largest absolute Gasteiger partial charge is 0.373 e. The second-order valence-corrected chi connectivity index (χ2v) is 8.85. The molecule has 3 atom stereocenters. The second-order valence-electron chi connectivity index (χ2n) is 7.48. The molecule has 0 aliphatic carbocycles. The van der Waals surface area contributed by atoms with Gasteiger partial charge in [-0.3, -0.25) is 14.6 Å². The Kier molecular flexibility index (Phi) is 7.14. The fourth-order valence-electron chi connectivity index (χ4n) is 3.76. The highest BCUT2D eigenvalue weighted by Gasteiger charge is 2.34. The van der Waals surface area contributed by atoms with Gasteiger partial charge in [0.2, 0.25) is 0 Å². The molecule has 27 heavy (non-hydrogen) atoms. The number of rotatable bonds is 7. The number of carbonyl (C=O) groups excluding carboxylic acids is 1. The van der Waals surface area contributed by atoms with Gasteiger partial charge in [-0.15, -0.1) is 0 Å². The van der Waals surface area contributed by atoms with Crippen LogP contribution in [0, 0.1) is 0 Å². The number of ether oxygens (including phenoxy) is 1. The molecule has 0 saturated carbocycles. The van der Waals surface area contributed by atoms with E-state index in [0.29, 0.717) is 11.7 Å². The number of hydrogen-bond donors (Lipinski definition) is 1. The first-order valence-electron chi connectivity index (χ1n) is 9.52. The van der Waals surface area contributed by atoms with Crippen molar-refractivity contribution in [3.8, 4) is 0 Å². The van der Waals surface area contributed by atoms with Gasteiger partial charge in [0.1, 0.15) is 6.04 Å². The van der Waals surface area contributed by atoms with Crippen LogP contribution in [0.5, 0.6) is 0 Å². The molecule has 2 heterocycles. The zero-order chi connectivity index (χ0) is 19.4. The van der Waals surface area contributed by atoms with E-state index < -0.39 is 0 Å². The number of thiocarbonyl (C=S) groups is 1. The molecule has 0 radical (unpaired) electrons. The first-order valence-corrected chi connectivity index (χ1v) is 11.3. The number of carbonyl (C=O) groups is 1. The predicted octanol–water partition coefficient (Wildman–Crippen LogP) is 2.63. The Morgan fingerprint density at radius 3 is 2.33 bits per heavy atom. The van der Waals surface area contributed by atoms with Gasteiger partial charge in [-0.05, 0) is 55.6 Å². The molecular weight excluding hydrogens is 378 g/mol. The second kappa shape index (κ2) is 9.37. The van der Waals surface area contributed by atoms with E-state index in [1.807, 2.05) is 0 Å². The third kappa shape index (κ3) is 5.44. The topological polar surface area (TPSA) is 44.8 Å². The SMILES string of the molecule is CSCC[C@@H]1NC(=S)N(Cc2ccc(CN3C[C@H](C)O[C@@H](C)C3)cc2)C1=O. The summed E-state index contributed by atoms with van der Waals surface area (Å²) in [7, 11) is 0. The highest BCUT2D eigenvalue weighted by Crippen LogP contribution is 2.18. The number of nitrogens with zero attached hydrogens (tertiary/aromatic N) is 2. The predicted molar refractivity (Wildman–Crippen MR) is 115 cm³/mol. The molecule has 0 bridgehead atoms. The molecule has 0 aromatic heterocycles. The molecule has 0 unspecified atom stereocenters. The Bertz CT molecular complexity index is 658. The van der Waals surface area contributed by atoms with Gasteiger partial charge in [0.05, 0.1) is 18.8 Å². The molecule has 1 aromatic rings. The molecule has 7 heteroatoms. The average Bonchev–Trinajstić information content (AvgIpc) is 2.88. The third-order valence-corrected chi connectivity index (χ3v) is 5.96. The van der Waals surface area contributed by atoms with E-state index in [1.54, 1.807) is 16.7 Å². The van der Waals surface area contributed by atoms with Gasteiger partial charge in [-0.25, -0.2) is 0 Å². The van der Waals surface area contributed by atoms with Gasteiger partial charge in [0, 0.05) is 19.6 Å². The van der Waals surface area contributed by atoms with Gasteiger partial charge in [0.15, 0.2) is 5.11 Å². The maximum atomic E-state index is 12.6. The minimum Gasteiger partial charge on any atom is -0.373 e. The van der Waals surface area contributed by atoms with E-state index in [2.05, 4.69) is 54.6 Å². The van der Waals surface area contributed by atoms with E-state index in [-0.39, 0.29) is 24.2 Å². The van der Waals surface area contributed by atoms with E-state index in [1.165, 1.54) is 5.56 Å². The number of thioether (sulfide) groups is 1. The monoisotopic (exact) mass is 407 g/mol. The summed E-state index contributed by atoms with van der Waals surface area (Å²) >= 11 is 7.12. The Hall–Kier alpha value is -1.15. The van der Waals surface area contributed by atoms with Crippen LogP contribution >= 0.6 is 24.0 Å². The molecule has 2 aliphatic heterocycles. The van der Waals surface area contributed by atoms with Crippen LogP contribution in [0.15, 0.2) is 24.3 Å². The highest BCUT2D eigenvalue weighted by atomic mass is 32.2. The number of benzene rings is 1. The van der Waals surface area contributed by atoms with E-state index in [9.17, 15) is 4.79 Å². The van der Waals surface area contributed by atoms with Crippen molar-refractivity contribution in [3.05, 3.63) is 35.4 Å². The van der Waals surface area contributed by atoms with Gasteiger partial charge < -0.3 is 10.1 Å². The van der Waals surface area contributed by atoms with Crippen molar-refractivity contribution in [1.29, 1.82) is 0 Å². The molecule has 2 fully saturated rings. The normalized spacial score (nSPS) is 26.5. The van der Waals surface area contributed by atoms with Crippen molar-refractivity contribution in [2.45, 2.75) is 51.6 Å². The molecule has 3 rings (SSSR count). The summed E-state index contributed by atoms with van der Waals surface area (Å²) in [5.41, 5.74) is 2.39. The van der Waals surface area contributed by atoms with Crippen LogP contribution in [0.4, 0.5) is 0 Å². The first kappa shape index (κ1) is 20.6. The minimum absolute atomic E-state index is 0.0921. The average molecular weight is 408 g/mol. The zero-order valence-corrected chi connectivity index (χ0v) is 17.9. The quantitative estimate of drug-likeness (QED) is 0.701. The van der Waals surface area contributed by atoms with E-state index in [0.717, 1.165) is 37.4 Å². The number of amides is 1. The van der Waals surface area contributed by atoms with Crippen molar-refractivity contribution >= 4 is 35.0 Å². The molecule has 1 N–H and O–H groups in total. The fourth-order valence-corrected chi connectivity index (χ4v) is 4.53. The molecule has 2 aliphatic rings. The summed E-state index contributed by atoms with van der Waals surface area (Å²) in [5, 5.41) is 3.71. The lowest BCUT2D eigenvalue weighted by Crippen LogP contribution is -2.44. The molecule has 1 amide bonds. The van der Waals surface area contributed by atoms with Crippen LogP contribution in [0.1, 0.15) is 31.4 Å². The van der Waals surface area contributed by atoms with Crippen LogP contribution in [0.3, 0.4) is 0 Å². The lowest BCUT2D eigenvalue weighted by atomic mass is 10.1. The van der Waals surface area contributed by atoms with Crippen molar-refractivity contribution < 1.29 is 9.53 Å². The maximum Gasteiger partial charge on any atom is 0.251 e. The maximum absolute atomic E-state index is 12.6. The van der Waals surface area contributed by atoms with Crippen molar-refractivity contribution in [3.63, 3.8) is 0 Å². The third-order valence-electron chi connectivity index (χ3n) is 4.98. The lowest BCUT2D eigenvalue weighted by molar-refractivity contribution is -0.127. The summed E-state index contributed by atoms with van der Waals surface area (Å²) in [6.45, 7) is 7.64. The summed E-state index contributed by atoms with van der Waals surface area (Å²) in [6, 6.07) is 8.35. The van der Waals surface area contributed by atoms with E-state index in [4.69, 9.17) is 17.0 Å². The van der Waals surface area contributed by atoms with E-state index >= 15 is 0 Å². The number of hydrogen-bond acceptors (Lipinski definition) is 5. The zero-order valence-electron chi connectivity index (χ0n) is 16.3. The first-order chi connectivity index (χ1) is 13.0. The summed E-state index contributed by atoms with van der Waals surface area (Å²) in [5.74, 6) is 1.04. The van der Waals surface area contributed by atoms with Crippen LogP contribution in [0.25, 0.3) is 0 Å². The van der Waals surface area contributed by atoms with Gasteiger partial charge in [0.25, 0.3) is 5.91 Å². The van der Waals surface area contributed by atoms with Gasteiger partial charge >= 0.3 is 0 Å². The summed E-state index contributed by atoms with van der Waals surface area (Å²) < 4.78 is 5.80. The molecule has 1 aromatic carbocycles. The Morgan fingerprint density at radius 2 is 1.74 bits per heavy atom. The van der Waals surface area contributed by atoms with Crippen LogP contribution in [0.2, 0.25) is 0 Å². The standard InChI is InChI=1S/C20H29N3O2S2/c1-14-10-22(11-15(2)25-14)12-16-4-6-17(7-5-16)13-23-19(24)18(8-9-27-3)21-20(23)26/h4-7,14-15,18H,8-13H2,1-3H3,(H,21,26)/t14-,15-,18-/m0/s1.